The fourth-order valence-electron chi connectivity index (χ4n) is 3.79. The summed E-state index contributed by atoms with van der Waals surface area (Å²) in [5.74, 6) is 1.07. The summed E-state index contributed by atoms with van der Waals surface area (Å²) >= 11 is 0. The molecule has 3 aromatic rings. The number of rotatable bonds is 10. The third kappa shape index (κ3) is 5.51. The summed E-state index contributed by atoms with van der Waals surface area (Å²) in [5.41, 5.74) is 2.70. The van der Waals surface area contributed by atoms with Gasteiger partial charge in [0, 0.05) is 31.6 Å². The van der Waals surface area contributed by atoms with E-state index in [4.69, 9.17) is 4.98 Å². The number of hydrogen-bond acceptors (Lipinski definition) is 3. The quantitative estimate of drug-likeness (QED) is 0.500. The van der Waals surface area contributed by atoms with E-state index in [9.17, 15) is 9.59 Å². The van der Waals surface area contributed by atoms with E-state index in [-0.39, 0.29) is 24.3 Å². The number of aromatic nitrogens is 2. The van der Waals surface area contributed by atoms with E-state index in [2.05, 4.69) is 5.32 Å². The van der Waals surface area contributed by atoms with E-state index >= 15 is 0 Å². The SMILES string of the molecule is CCC(CC)C(=O)NCCCc1nc2ccccc2n1CC(=O)N(C)c1ccccc1. The molecule has 0 radical (unpaired) electrons. The highest BCUT2D eigenvalue weighted by Crippen LogP contribution is 2.19. The van der Waals surface area contributed by atoms with Gasteiger partial charge in [-0.1, -0.05) is 44.2 Å². The monoisotopic (exact) mass is 420 g/mol. The van der Waals surface area contributed by atoms with Gasteiger partial charge >= 0.3 is 0 Å². The van der Waals surface area contributed by atoms with Crippen LogP contribution >= 0.6 is 0 Å². The number of benzene rings is 2. The van der Waals surface area contributed by atoms with E-state index < -0.39 is 0 Å². The lowest BCUT2D eigenvalue weighted by molar-refractivity contribution is -0.125. The van der Waals surface area contributed by atoms with Crippen molar-refractivity contribution in [3.05, 3.63) is 60.4 Å². The number of nitrogens with zero attached hydrogens (tertiary/aromatic N) is 3. The second-order valence-corrected chi connectivity index (χ2v) is 7.80. The third-order valence-corrected chi connectivity index (χ3v) is 5.78. The molecule has 0 saturated heterocycles. The Morgan fingerprint density at radius 2 is 1.71 bits per heavy atom. The molecule has 31 heavy (non-hydrogen) atoms. The lowest BCUT2D eigenvalue weighted by Gasteiger charge is -2.19. The number of amides is 2. The number of likely N-dealkylation sites (N-methyl/N-ethyl adjacent to an activating group) is 1. The third-order valence-electron chi connectivity index (χ3n) is 5.78. The summed E-state index contributed by atoms with van der Waals surface area (Å²) in [7, 11) is 1.80. The molecule has 0 spiro atoms. The van der Waals surface area contributed by atoms with E-state index in [1.807, 2.05) is 73.0 Å². The topological polar surface area (TPSA) is 67.2 Å². The van der Waals surface area contributed by atoms with Crippen molar-refractivity contribution in [3.63, 3.8) is 0 Å². The van der Waals surface area contributed by atoms with Crippen molar-refractivity contribution in [2.45, 2.75) is 46.1 Å². The summed E-state index contributed by atoms with van der Waals surface area (Å²) in [5, 5.41) is 3.04. The number of hydrogen-bond donors (Lipinski definition) is 1. The Morgan fingerprint density at radius 1 is 1.03 bits per heavy atom. The molecule has 6 nitrogen and oxygen atoms in total. The summed E-state index contributed by atoms with van der Waals surface area (Å²) in [6.45, 7) is 4.91. The number of carbonyl (C=O) groups is 2. The molecule has 0 aliphatic heterocycles. The molecule has 2 amide bonds. The van der Waals surface area contributed by atoms with Gasteiger partial charge in [0.25, 0.3) is 0 Å². The maximum Gasteiger partial charge on any atom is 0.246 e. The highest BCUT2D eigenvalue weighted by molar-refractivity contribution is 5.93. The molecule has 164 valence electrons. The van der Waals surface area contributed by atoms with Crippen LogP contribution in [-0.4, -0.2) is 35.0 Å². The van der Waals surface area contributed by atoms with Crippen molar-refractivity contribution in [2.24, 2.45) is 5.92 Å². The fraction of sp³-hybridized carbons (Fsp3) is 0.400. The smallest absolute Gasteiger partial charge is 0.246 e. The number of fused-ring (bicyclic) bond motifs is 1. The van der Waals surface area contributed by atoms with Crippen molar-refractivity contribution < 1.29 is 9.59 Å². The number of imidazole rings is 1. The summed E-state index contributed by atoms with van der Waals surface area (Å²) in [6.07, 6.45) is 3.18. The summed E-state index contributed by atoms with van der Waals surface area (Å²) in [6, 6.07) is 17.5. The van der Waals surface area contributed by atoms with Crippen molar-refractivity contribution in [2.75, 3.05) is 18.5 Å². The van der Waals surface area contributed by atoms with Gasteiger partial charge in [-0.3, -0.25) is 9.59 Å². The Hall–Kier alpha value is -3.15. The summed E-state index contributed by atoms with van der Waals surface area (Å²) < 4.78 is 2.00. The van der Waals surface area contributed by atoms with Gasteiger partial charge < -0.3 is 14.8 Å². The van der Waals surface area contributed by atoms with Crippen LogP contribution in [0.2, 0.25) is 0 Å². The number of carbonyl (C=O) groups excluding carboxylic acids is 2. The average molecular weight is 421 g/mol. The van der Waals surface area contributed by atoms with Crippen LogP contribution in [0.15, 0.2) is 54.6 Å². The molecule has 1 heterocycles. The van der Waals surface area contributed by atoms with E-state index in [0.29, 0.717) is 13.0 Å². The number of aryl methyl sites for hydroxylation is 1. The standard InChI is InChI=1S/C25H32N4O2/c1-4-19(5-2)25(31)26-17-11-16-23-27-21-14-9-10-15-22(21)29(23)18-24(30)28(3)20-12-7-6-8-13-20/h6-10,12-15,19H,4-5,11,16-18H2,1-3H3,(H,26,31). The molecule has 0 atom stereocenters. The normalized spacial score (nSPS) is 11.1. The number of nitrogens with one attached hydrogen (secondary N) is 1. The van der Waals surface area contributed by atoms with Gasteiger partial charge in [-0.2, -0.15) is 0 Å². The van der Waals surface area contributed by atoms with Crippen LogP contribution in [0.5, 0.6) is 0 Å². The molecule has 6 heteroatoms. The Kier molecular flexibility index (Phi) is 7.82. The lowest BCUT2D eigenvalue weighted by Crippen LogP contribution is -2.31. The predicted molar refractivity (Wildman–Crippen MR) is 125 cm³/mol. The van der Waals surface area contributed by atoms with Gasteiger partial charge in [-0.25, -0.2) is 4.98 Å². The average Bonchev–Trinajstić information content (AvgIpc) is 3.14. The zero-order valence-corrected chi connectivity index (χ0v) is 18.7. The van der Waals surface area contributed by atoms with Crippen LogP contribution in [-0.2, 0) is 22.6 Å². The van der Waals surface area contributed by atoms with Crippen LogP contribution in [0, 0.1) is 5.92 Å². The Labute approximate surface area is 184 Å². The second-order valence-electron chi connectivity index (χ2n) is 7.80. The molecule has 2 aromatic carbocycles. The molecule has 0 unspecified atom stereocenters. The first-order valence-corrected chi connectivity index (χ1v) is 11.1. The van der Waals surface area contributed by atoms with Crippen molar-refractivity contribution in [1.82, 2.24) is 14.9 Å². The van der Waals surface area contributed by atoms with E-state index in [1.54, 1.807) is 11.9 Å². The zero-order chi connectivity index (χ0) is 22.2. The van der Waals surface area contributed by atoms with Crippen molar-refractivity contribution >= 4 is 28.5 Å². The minimum atomic E-state index is -0.00219. The van der Waals surface area contributed by atoms with Crippen LogP contribution < -0.4 is 10.2 Å². The first-order chi connectivity index (χ1) is 15.0. The molecular formula is C25H32N4O2. The van der Waals surface area contributed by atoms with Gasteiger partial charge in [-0.05, 0) is 43.5 Å². The molecule has 0 saturated carbocycles. The first kappa shape index (κ1) is 22.5. The molecule has 0 fully saturated rings. The van der Waals surface area contributed by atoms with Crippen molar-refractivity contribution in [3.8, 4) is 0 Å². The number of anilines is 1. The highest BCUT2D eigenvalue weighted by Gasteiger charge is 2.17. The molecule has 0 aliphatic rings. The van der Waals surface area contributed by atoms with E-state index in [1.165, 1.54) is 0 Å². The highest BCUT2D eigenvalue weighted by atomic mass is 16.2. The Balaban J connectivity index is 1.70. The predicted octanol–water partition coefficient (Wildman–Crippen LogP) is 4.18. The minimum absolute atomic E-state index is 0.00219. The molecule has 3 rings (SSSR count). The van der Waals surface area contributed by atoms with Crippen molar-refractivity contribution in [1.29, 1.82) is 0 Å². The Morgan fingerprint density at radius 3 is 2.42 bits per heavy atom. The second kappa shape index (κ2) is 10.8. The van der Waals surface area contributed by atoms with Crippen LogP contribution in [0.3, 0.4) is 0 Å². The molecule has 1 aromatic heterocycles. The molecule has 0 aliphatic carbocycles. The zero-order valence-electron chi connectivity index (χ0n) is 18.7. The maximum atomic E-state index is 13.0. The van der Waals surface area contributed by atoms with Crippen LogP contribution in [0.25, 0.3) is 11.0 Å². The van der Waals surface area contributed by atoms with Crippen LogP contribution in [0.1, 0.15) is 38.9 Å². The number of para-hydroxylation sites is 3. The first-order valence-electron chi connectivity index (χ1n) is 11.1. The maximum absolute atomic E-state index is 13.0. The lowest BCUT2D eigenvalue weighted by atomic mass is 10.0. The largest absolute Gasteiger partial charge is 0.356 e. The molecule has 1 N–H and O–H groups in total. The van der Waals surface area contributed by atoms with Gasteiger partial charge in [0.2, 0.25) is 11.8 Å². The molecule has 0 bridgehead atoms. The summed E-state index contributed by atoms with van der Waals surface area (Å²) in [4.78, 5) is 31.6. The molecular weight excluding hydrogens is 388 g/mol. The Bertz CT molecular complexity index is 1010. The van der Waals surface area contributed by atoms with Gasteiger partial charge in [0.1, 0.15) is 12.4 Å². The van der Waals surface area contributed by atoms with Gasteiger partial charge in [-0.15, -0.1) is 0 Å². The van der Waals surface area contributed by atoms with Crippen LogP contribution in [0.4, 0.5) is 5.69 Å². The fourth-order valence-corrected chi connectivity index (χ4v) is 3.79. The minimum Gasteiger partial charge on any atom is -0.356 e. The van der Waals surface area contributed by atoms with E-state index in [0.717, 1.165) is 41.8 Å². The van der Waals surface area contributed by atoms with Gasteiger partial charge in [0.05, 0.1) is 11.0 Å². The van der Waals surface area contributed by atoms with Gasteiger partial charge in [0.15, 0.2) is 0 Å².